The molecule has 1 atom stereocenters. The van der Waals surface area contributed by atoms with Gasteiger partial charge in [0.05, 0.1) is 0 Å². The molecule has 0 aromatic rings. The molecule has 4 nitrogen and oxygen atoms in total. The molecule has 1 amide bonds. The predicted octanol–water partition coefficient (Wildman–Crippen LogP) is 1.16. The topological polar surface area (TPSA) is 66.4 Å². The molecule has 4 heteroatoms. The lowest BCUT2D eigenvalue weighted by molar-refractivity contribution is -0.148. The molecule has 0 bridgehead atoms. The van der Waals surface area contributed by atoms with Crippen molar-refractivity contribution in [1.29, 1.82) is 0 Å². The van der Waals surface area contributed by atoms with Crippen molar-refractivity contribution in [2.45, 2.75) is 44.6 Å². The lowest BCUT2D eigenvalue weighted by Crippen LogP contribution is -2.54. The Kier molecular flexibility index (Phi) is 2.44. The van der Waals surface area contributed by atoms with Crippen LogP contribution in [0.4, 0.5) is 0 Å². The van der Waals surface area contributed by atoms with Gasteiger partial charge in [-0.2, -0.15) is 0 Å². The smallest absolute Gasteiger partial charge is 0.329 e. The molecule has 2 aliphatic rings. The number of carboxylic acids is 1. The SMILES string of the molecule is CC(NC(=O)CC1CC1)(C(=O)O)C1CC1. The zero-order chi connectivity index (χ0) is 11.1. The highest BCUT2D eigenvalue weighted by Gasteiger charge is 2.48. The first-order valence-corrected chi connectivity index (χ1v) is 5.57. The van der Waals surface area contributed by atoms with Gasteiger partial charge in [-0.15, -0.1) is 0 Å². The fraction of sp³-hybridized carbons (Fsp3) is 0.818. The van der Waals surface area contributed by atoms with Gasteiger partial charge >= 0.3 is 5.97 Å². The van der Waals surface area contributed by atoms with Crippen molar-refractivity contribution >= 4 is 11.9 Å². The van der Waals surface area contributed by atoms with Gasteiger partial charge in [-0.3, -0.25) is 4.79 Å². The number of nitrogens with one attached hydrogen (secondary N) is 1. The van der Waals surface area contributed by atoms with Crippen LogP contribution in [0.5, 0.6) is 0 Å². The van der Waals surface area contributed by atoms with Crippen molar-refractivity contribution in [2.24, 2.45) is 11.8 Å². The Labute approximate surface area is 89.0 Å². The third kappa shape index (κ3) is 2.30. The van der Waals surface area contributed by atoms with Gasteiger partial charge in [-0.1, -0.05) is 0 Å². The molecule has 0 aromatic heterocycles. The molecule has 84 valence electrons. The van der Waals surface area contributed by atoms with Crippen molar-refractivity contribution in [2.75, 3.05) is 0 Å². The van der Waals surface area contributed by atoms with Crippen molar-refractivity contribution in [3.63, 3.8) is 0 Å². The van der Waals surface area contributed by atoms with Gasteiger partial charge in [0, 0.05) is 6.42 Å². The molecule has 2 aliphatic carbocycles. The van der Waals surface area contributed by atoms with Crippen LogP contribution in [0.1, 0.15) is 39.0 Å². The van der Waals surface area contributed by atoms with Gasteiger partial charge in [0.2, 0.25) is 5.91 Å². The first-order valence-electron chi connectivity index (χ1n) is 5.57. The third-order valence-corrected chi connectivity index (χ3v) is 3.41. The van der Waals surface area contributed by atoms with Gasteiger partial charge in [0.15, 0.2) is 0 Å². The number of aliphatic carboxylic acids is 1. The highest BCUT2D eigenvalue weighted by atomic mass is 16.4. The third-order valence-electron chi connectivity index (χ3n) is 3.41. The second-order valence-corrected chi connectivity index (χ2v) is 4.98. The Morgan fingerprint density at radius 1 is 1.33 bits per heavy atom. The second kappa shape index (κ2) is 3.51. The molecule has 15 heavy (non-hydrogen) atoms. The number of carboxylic acid groups (broad SMARTS) is 1. The zero-order valence-electron chi connectivity index (χ0n) is 8.95. The maximum Gasteiger partial charge on any atom is 0.329 e. The van der Waals surface area contributed by atoms with E-state index >= 15 is 0 Å². The molecule has 0 aliphatic heterocycles. The van der Waals surface area contributed by atoms with Gasteiger partial charge in [0.25, 0.3) is 0 Å². The summed E-state index contributed by atoms with van der Waals surface area (Å²) in [6.07, 6.45) is 4.54. The summed E-state index contributed by atoms with van der Waals surface area (Å²) < 4.78 is 0. The maximum absolute atomic E-state index is 11.6. The number of carbonyl (C=O) groups excluding carboxylic acids is 1. The quantitative estimate of drug-likeness (QED) is 0.717. The molecule has 2 rings (SSSR count). The minimum Gasteiger partial charge on any atom is -0.480 e. The fourth-order valence-corrected chi connectivity index (χ4v) is 1.92. The highest BCUT2D eigenvalue weighted by molar-refractivity contribution is 5.87. The molecule has 0 radical (unpaired) electrons. The van der Waals surface area contributed by atoms with Gasteiger partial charge in [0.1, 0.15) is 5.54 Å². The van der Waals surface area contributed by atoms with Crippen LogP contribution in [0.25, 0.3) is 0 Å². The molecule has 2 N–H and O–H groups in total. The van der Waals surface area contributed by atoms with Gasteiger partial charge in [-0.05, 0) is 44.4 Å². The van der Waals surface area contributed by atoms with E-state index in [2.05, 4.69) is 5.32 Å². The van der Waals surface area contributed by atoms with E-state index in [0.29, 0.717) is 12.3 Å². The van der Waals surface area contributed by atoms with Crippen molar-refractivity contribution < 1.29 is 14.7 Å². The molecule has 0 heterocycles. The van der Waals surface area contributed by atoms with E-state index in [1.165, 1.54) is 0 Å². The molecule has 2 saturated carbocycles. The van der Waals surface area contributed by atoms with E-state index < -0.39 is 11.5 Å². The average Bonchev–Trinajstić information content (AvgIpc) is 2.98. The largest absolute Gasteiger partial charge is 0.480 e. The first-order chi connectivity index (χ1) is 7.02. The molecule has 2 fully saturated rings. The number of hydrogen-bond donors (Lipinski definition) is 2. The van der Waals surface area contributed by atoms with Gasteiger partial charge in [-0.25, -0.2) is 4.79 Å². The average molecular weight is 211 g/mol. The molecule has 0 saturated heterocycles. The Balaban J connectivity index is 1.92. The van der Waals surface area contributed by atoms with Crippen LogP contribution in [-0.4, -0.2) is 22.5 Å². The normalized spacial score (nSPS) is 24.3. The number of amides is 1. The number of carbonyl (C=O) groups is 2. The van der Waals surface area contributed by atoms with Crippen LogP contribution < -0.4 is 5.32 Å². The van der Waals surface area contributed by atoms with Crippen LogP contribution in [0.3, 0.4) is 0 Å². The van der Waals surface area contributed by atoms with E-state index in [1.807, 2.05) is 0 Å². The summed E-state index contributed by atoms with van der Waals surface area (Å²) in [6, 6.07) is 0. The first kappa shape index (κ1) is 10.5. The van der Waals surface area contributed by atoms with E-state index in [-0.39, 0.29) is 11.8 Å². The fourth-order valence-electron chi connectivity index (χ4n) is 1.92. The summed E-state index contributed by atoms with van der Waals surface area (Å²) in [4.78, 5) is 22.7. The molecule has 1 unspecified atom stereocenters. The summed E-state index contributed by atoms with van der Waals surface area (Å²) in [6.45, 7) is 1.62. The Bertz CT molecular complexity index is 294. The monoisotopic (exact) mass is 211 g/mol. The minimum atomic E-state index is -1.04. The summed E-state index contributed by atoms with van der Waals surface area (Å²) >= 11 is 0. The molecule has 0 spiro atoms. The molecular weight excluding hydrogens is 194 g/mol. The predicted molar refractivity (Wildman–Crippen MR) is 54.2 cm³/mol. The number of hydrogen-bond acceptors (Lipinski definition) is 2. The van der Waals surface area contributed by atoms with Crippen LogP contribution >= 0.6 is 0 Å². The van der Waals surface area contributed by atoms with E-state index in [4.69, 9.17) is 5.11 Å². The lowest BCUT2D eigenvalue weighted by atomic mass is 9.95. The van der Waals surface area contributed by atoms with E-state index in [9.17, 15) is 9.59 Å². The van der Waals surface area contributed by atoms with Crippen molar-refractivity contribution in [3.05, 3.63) is 0 Å². The van der Waals surface area contributed by atoms with E-state index in [1.54, 1.807) is 6.92 Å². The van der Waals surface area contributed by atoms with Crippen LogP contribution in [0.2, 0.25) is 0 Å². The Morgan fingerprint density at radius 3 is 2.33 bits per heavy atom. The summed E-state index contributed by atoms with van der Waals surface area (Å²) in [5.41, 5.74) is -1.04. The minimum absolute atomic E-state index is 0.103. The zero-order valence-corrected chi connectivity index (χ0v) is 8.95. The summed E-state index contributed by atoms with van der Waals surface area (Å²) in [5, 5.41) is 11.8. The highest BCUT2D eigenvalue weighted by Crippen LogP contribution is 2.40. The van der Waals surface area contributed by atoms with Crippen molar-refractivity contribution in [3.8, 4) is 0 Å². The molecule has 0 aromatic carbocycles. The number of rotatable bonds is 5. The van der Waals surface area contributed by atoms with E-state index in [0.717, 1.165) is 25.7 Å². The van der Waals surface area contributed by atoms with Crippen LogP contribution in [-0.2, 0) is 9.59 Å². The summed E-state index contributed by atoms with van der Waals surface area (Å²) in [5.74, 6) is -0.385. The van der Waals surface area contributed by atoms with Crippen molar-refractivity contribution in [1.82, 2.24) is 5.32 Å². The molecular formula is C11H17NO3. The second-order valence-electron chi connectivity index (χ2n) is 4.98. The van der Waals surface area contributed by atoms with Crippen LogP contribution in [0, 0.1) is 11.8 Å². The lowest BCUT2D eigenvalue weighted by Gasteiger charge is -2.26. The van der Waals surface area contributed by atoms with Gasteiger partial charge < -0.3 is 10.4 Å². The summed E-state index contributed by atoms with van der Waals surface area (Å²) in [7, 11) is 0. The standard InChI is InChI=1S/C11H17NO3/c1-11(10(14)15,8-4-5-8)12-9(13)6-7-2-3-7/h7-8H,2-6H2,1H3,(H,12,13)(H,14,15). The van der Waals surface area contributed by atoms with Crippen LogP contribution in [0.15, 0.2) is 0 Å². The maximum atomic E-state index is 11.6. The Morgan fingerprint density at radius 2 is 1.93 bits per heavy atom. The Hall–Kier alpha value is -1.06.